The summed E-state index contributed by atoms with van der Waals surface area (Å²) in [4.78, 5) is 0. The summed E-state index contributed by atoms with van der Waals surface area (Å²) in [5, 5.41) is 18.6. The van der Waals surface area contributed by atoms with Crippen molar-refractivity contribution in [2.75, 3.05) is 13.2 Å². The van der Waals surface area contributed by atoms with E-state index in [4.69, 9.17) is 4.74 Å². The first kappa shape index (κ1) is 30.7. The van der Waals surface area contributed by atoms with E-state index in [9.17, 15) is 10.2 Å². The Kier molecular flexibility index (Phi) is 30.6. The molecule has 2 aromatic rings. The van der Waals surface area contributed by atoms with E-state index in [2.05, 4.69) is 24.3 Å². The summed E-state index contributed by atoms with van der Waals surface area (Å²) in [5.41, 5.74) is 2.43. The largest absolute Gasteiger partial charge is 1.00 e. The van der Waals surface area contributed by atoms with Gasteiger partial charge in [0.1, 0.15) is 0 Å². The van der Waals surface area contributed by atoms with Crippen molar-refractivity contribution in [2.45, 2.75) is 39.9 Å². The number of benzene rings is 2. The summed E-state index contributed by atoms with van der Waals surface area (Å²) in [7, 11) is 0. The third kappa shape index (κ3) is 21.1. The molecule has 0 fully saturated rings. The predicted octanol–water partition coefficient (Wildman–Crippen LogP) is -3.08. The van der Waals surface area contributed by atoms with Gasteiger partial charge in [-0.2, -0.15) is 0 Å². The van der Waals surface area contributed by atoms with E-state index in [1.807, 2.05) is 50.2 Å². The first-order chi connectivity index (χ1) is 11.3. The van der Waals surface area contributed by atoms with Gasteiger partial charge in [0.15, 0.2) is 0 Å². The Bertz CT molecular complexity index is 408. The quantitative estimate of drug-likeness (QED) is 0.501. The molecule has 0 N–H and O–H groups in total. The van der Waals surface area contributed by atoms with Gasteiger partial charge in [-0.3, -0.25) is 0 Å². The van der Waals surface area contributed by atoms with Crippen molar-refractivity contribution >= 4 is 0 Å². The molecule has 0 atom stereocenters. The second-order valence-corrected chi connectivity index (χ2v) is 4.87. The monoisotopic (exact) mass is 378 g/mol. The molecule has 0 aliphatic rings. The summed E-state index contributed by atoms with van der Waals surface area (Å²) in [6.07, 6.45) is 1.53. The zero-order valence-electron chi connectivity index (χ0n) is 16.2. The van der Waals surface area contributed by atoms with Crippen LogP contribution in [0.2, 0.25) is 0 Å². The summed E-state index contributed by atoms with van der Waals surface area (Å²) < 4.78 is 5.61. The number of hydrogen-bond donors (Lipinski definition) is 0. The minimum absolute atomic E-state index is 0. The molecule has 0 spiro atoms. The Morgan fingerprint density at radius 2 is 0.960 bits per heavy atom. The van der Waals surface area contributed by atoms with Crippen molar-refractivity contribution in [1.29, 1.82) is 0 Å². The topological polar surface area (TPSA) is 55.3 Å². The third-order valence-electron chi connectivity index (χ3n) is 2.63. The maximum Gasteiger partial charge on any atom is 1.00 e. The van der Waals surface area contributed by atoms with E-state index < -0.39 is 0 Å². The van der Waals surface area contributed by atoms with Crippen LogP contribution in [0.5, 0.6) is 0 Å². The van der Waals surface area contributed by atoms with E-state index in [0.717, 1.165) is 12.8 Å². The molecular weight excluding hydrogens is 350 g/mol. The van der Waals surface area contributed by atoms with Crippen molar-refractivity contribution in [3.63, 3.8) is 0 Å². The minimum Gasteiger partial charge on any atom is -0.854 e. The molecule has 0 aliphatic heterocycles. The van der Waals surface area contributed by atoms with E-state index in [1.165, 1.54) is 11.1 Å². The van der Waals surface area contributed by atoms with E-state index in [0.29, 0.717) is 13.2 Å². The van der Waals surface area contributed by atoms with Crippen molar-refractivity contribution in [1.82, 2.24) is 0 Å². The average molecular weight is 379 g/mol. The van der Waals surface area contributed by atoms with Crippen molar-refractivity contribution in [3.8, 4) is 0 Å². The molecule has 25 heavy (non-hydrogen) atoms. The van der Waals surface area contributed by atoms with Crippen LogP contribution in [0.25, 0.3) is 0 Å². The van der Waals surface area contributed by atoms with Crippen LogP contribution in [-0.4, -0.2) is 13.2 Å². The number of rotatable bonds is 6. The second-order valence-electron chi connectivity index (χ2n) is 4.87. The van der Waals surface area contributed by atoms with Gasteiger partial charge in [-0.1, -0.05) is 87.4 Å². The molecule has 0 amide bonds. The van der Waals surface area contributed by atoms with Gasteiger partial charge >= 0.3 is 80.9 Å². The van der Waals surface area contributed by atoms with Crippen molar-refractivity contribution in [3.05, 3.63) is 71.8 Å². The molecule has 2 aromatic carbocycles. The Labute approximate surface area is 217 Å². The summed E-state index contributed by atoms with van der Waals surface area (Å²) in [5.74, 6) is 0. The minimum atomic E-state index is 0. The molecule has 0 saturated heterocycles. The van der Waals surface area contributed by atoms with Gasteiger partial charge in [-0.25, -0.2) is 0 Å². The SMILES string of the molecule is CCC[O-].CCC[O-].[K+].[Na+].c1ccc(COCc2ccccc2)cc1. The third-order valence-corrected chi connectivity index (χ3v) is 2.63. The maximum atomic E-state index is 9.30. The van der Waals surface area contributed by atoms with Gasteiger partial charge in [-0.05, 0) is 11.1 Å². The zero-order chi connectivity index (χ0) is 17.2. The Hall–Kier alpha value is 0.956. The number of hydrogen-bond acceptors (Lipinski definition) is 3. The van der Waals surface area contributed by atoms with Gasteiger partial charge < -0.3 is 14.9 Å². The van der Waals surface area contributed by atoms with E-state index in [1.54, 1.807) is 0 Å². The van der Waals surface area contributed by atoms with Crippen molar-refractivity contribution < 1.29 is 95.9 Å². The van der Waals surface area contributed by atoms with Crippen LogP contribution in [0.3, 0.4) is 0 Å². The molecule has 2 rings (SSSR count). The molecule has 0 saturated carbocycles. The molecule has 0 heterocycles. The molecule has 3 nitrogen and oxygen atoms in total. The summed E-state index contributed by atoms with van der Waals surface area (Å²) >= 11 is 0. The molecule has 0 aliphatic carbocycles. The predicted molar refractivity (Wildman–Crippen MR) is 91.7 cm³/mol. The average Bonchev–Trinajstić information content (AvgIpc) is 2.64. The smallest absolute Gasteiger partial charge is 0.854 e. The Morgan fingerprint density at radius 3 is 1.20 bits per heavy atom. The molecular formula is C20H28KNaO3. The molecule has 0 aromatic heterocycles. The first-order valence-corrected chi connectivity index (χ1v) is 8.10. The fourth-order valence-electron chi connectivity index (χ4n) is 1.44. The second kappa shape index (κ2) is 25.0. The van der Waals surface area contributed by atoms with Crippen LogP contribution in [0.1, 0.15) is 37.8 Å². The van der Waals surface area contributed by atoms with E-state index in [-0.39, 0.29) is 94.2 Å². The first-order valence-electron chi connectivity index (χ1n) is 8.10. The molecule has 5 heteroatoms. The van der Waals surface area contributed by atoms with Gasteiger partial charge in [0, 0.05) is 0 Å². The van der Waals surface area contributed by atoms with Crippen LogP contribution >= 0.6 is 0 Å². The summed E-state index contributed by atoms with van der Waals surface area (Å²) in [6.45, 7) is 5.23. The van der Waals surface area contributed by atoms with Crippen LogP contribution < -0.4 is 91.2 Å². The Morgan fingerprint density at radius 1 is 0.680 bits per heavy atom. The molecule has 0 radical (unpaired) electrons. The molecule has 0 bridgehead atoms. The normalized spacial score (nSPS) is 8.48. The van der Waals surface area contributed by atoms with Gasteiger partial charge in [-0.15, -0.1) is 13.2 Å². The fourth-order valence-corrected chi connectivity index (χ4v) is 1.44. The summed E-state index contributed by atoms with van der Waals surface area (Å²) in [6, 6.07) is 20.4. The van der Waals surface area contributed by atoms with Gasteiger partial charge in [0.25, 0.3) is 0 Å². The van der Waals surface area contributed by atoms with E-state index >= 15 is 0 Å². The van der Waals surface area contributed by atoms with Gasteiger partial charge in [0.05, 0.1) is 13.2 Å². The number of ether oxygens (including phenoxy) is 1. The van der Waals surface area contributed by atoms with Crippen LogP contribution in [0, 0.1) is 0 Å². The van der Waals surface area contributed by atoms with Gasteiger partial charge in [0.2, 0.25) is 0 Å². The fraction of sp³-hybridized carbons (Fsp3) is 0.400. The maximum absolute atomic E-state index is 9.30. The Balaban J connectivity index is -0.000000415. The molecule has 128 valence electrons. The van der Waals surface area contributed by atoms with Crippen LogP contribution in [0.15, 0.2) is 60.7 Å². The zero-order valence-corrected chi connectivity index (χ0v) is 21.4. The standard InChI is InChI=1S/C14H14O.2C3H7O.K.Na/c1-3-7-13(8-4-1)11-15-12-14-9-5-2-6-10-14;2*1-2-3-4;;/h1-10H,11-12H2;2*2-3H2,1H3;;/q;2*-1;2*+1. The van der Waals surface area contributed by atoms with Crippen LogP contribution in [-0.2, 0) is 18.0 Å². The van der Waals surface area contributed by atoms with Crippen molar-refractivity contribution in [2.24, 2.45) is 0 Å². The van der Waals surface area contributed by atoms with Crippen LogP contribution in [0.4, 0.5) is 0 Å². The molecule has 0 unspecified atom stereocenters.